The van der Waals surface area contributed by atoms with Gasteiger partial charge in [-0.2, -0.15) is 0 Å². The van der Waals surface area contributed by atoms with Crippen molar-refractivity contribution < 1.29 is 4.74 Å². The van der Waals surface area contributed by atoms with Gasteiger partial charge in [-0.25, -0.2) is 0 Å². The zero-order chi connectivity index (χ0) is 10.5. The molecule has 0 spiro atoms. The third kappa shape index (κ3) is 2.53. The van der Waals surface area contributed by atoms with Gasteiger partial charge in [0.2, 0.25) is 0 Å². The number of hydrogen-bond donors (Lipinski definition) is 0. The SMILES string of the molecule is CCCCCC1CCOc2ccccc21. The molecule has 1 heteroatoms. The summed E-state index contributed by atoms with van der Waals surface area (Å²) in [6, 6.07) is 8.51. The van der Waals surface area contributed by atoms with Gasteiger partial charge in [0, 0.05) is 0 Å². The number of fused-ring (bicyclic) bond motifs is 1. The molecule has 1 unspecified atom stereocenters. The van der Waals surface area contributed by atoms with E-state index in [4.69, 9.17) is 4.74 Å². The summed E-state index contributed by atoms with van der Waals surface area (Å²) in [6.45, 7) is 3.16. The molecule has 0 aromatic heterocycles. The van der Waals surface area contributed by atoms with Crippen molar-refractivity contribution in [1.82, 2.24) is 0 Å². The minimum atomic E-state index is 0.737. The molecule has 82 valence electrons. The summed E-state index contributed by atoms with van der Waals surface area (Å²) >= 11 is 0. The third-order valence-corrected chi connectivity index (χ3v) is 3.24. The van der Waals surface area contributed by atoms with Crippen LogP contribution in [0, 0.1) is 0 Å². The van der Waals surface area contributed by atoms with E-state index >= 15 is 0 Å². The number of para-hydroxylation sites is 1. The summed E-state index contributed by atoms with van der Waals surface area (Å²) in [5.74, 6) is 1.85. The first-order valence-corrected chi connectivity index (χ1v) is 6.13. The van der Waals surface area contributed by atoms with Crippen molar-refractivity contribution >= 4 is 0 Å². The van der Waals surface area contributed by atoms with Crippen molar-refractivity contribution in [3.8, 4) is 5.75 Å². The molecule has 0 N–H and O–H groups in total. The average Bonchev–Trinajstić information content (AvgIpc) is 2.30. The van der Waals surface area contributed by atoms with E-state index in [1.54, 1.807) is 0 Å². The predicted molar refractivity (Wildman–Crippen MR) is 63.4 cm³/mol. The van der Waals surface area contributed by atoms with Crippen LogP contribution in [0.2, 0.25) is 0 Å². The Morgan fingerprint density at radius 2 is 2.13 bits per heavy atom. The lowest BCUT2D eigenvalue weighted by Crippen LogP contribution is -2.14. The van der Waals surface area contributed by atoms with Crippen LogP contribution >= 0.6 is 0 Å². The highest BCUT2D eigenvalue weighted by Gasteiger charge is 2.19. The summed E-state index contributed by atoms with van der Waals surface area (Å²) in [5.41, 5.74) is 1.43. The highest BCUT2D eigenvalue weighted by atomic mass is 16.5. The van der Waals surface area contributed by atoms with Crippen LogP contribution < -0.4 is 4.74 Å². The smallest absolute Gasteiger partial charge is 0.122 e. The maximum Gasteiger partial charge on any atom is 0.122 e. The summed E-state index contributed by atoms with van der Waals surface area (Å²) < 4.78 is 5.66. The summed E-state index contributed by atoms with van der Waals surface area (Å²) in [5, 5.41) is 0. The predicted octanol–water partition coefficient (Wildman–Crippen LogP) is 4.13. The molecule has 0 bridgehead atoms. The molecule has 0 fully saturated rings. The molecule has 0 aliphatic carbocycles. The molecule has 0 radical (unpaired) electrons. The van der Waals surface area contributed by atoms with Crippen LogP contribution in [0.25, 0.3) is 0 Å². The first-order chi connectivity index (χ1) is 7.42. The topological polar surface area (TPSA) is 9.23 Å². The zero-order valence-corrected chi connectivity index (χ0v) is 9.54. The Morgan fingerprint density at radius 3 is 3.00 bits per heavy atom. The highest BCUT2D eigenvalue weighted by molar-refractivity contribution is 5.37. The van der Waals surface area contributed by atoms with E-state index in [1.807, 2.05) is 0 Å². The van der Waals surface area contributed by atoms with Gasteiger partial charge in [0.1, 0.15) is 5.75 Å². The van der Waals surface area contributed by atoms with Gasteiger partial charge < -0.3 is 4.74 Å². The van der Waals surface area contributed by atoms with Gasteiger partial charge in [0.05, 0.1) is 6.61 Å². The molecule has 1 aliphatic rings. The van der Waals surface area contributed by atoms with Crippen LogP contribution in [0.5, 0.6) is 5.75 Å². The molecule has 0 saturated heterocycles. The number of hydrogen-bond acceptors (Lipinski definition) is 1. The van der Waals surface area contributed by atoms with Crippen molar-refractivity contribution in [3.63, 3.8) is 0 Å². The first kappa shape index (κ1) is 10.5. The largest absolute Gasteiger partial charge is 0.493 e. The van der Waals surface area contributed by atoms with Gasteiger partial charge in [-0.3, -0.25) is 0 Å². The number of unbranched alkanes of at least 4 members (excludes halogenated alkanes) is 2. The van der Waals surface area contributed by atoms with Crippen molar-refractivity contribution in [1.29, 1.82) is 0 Å². The van der Waals surface area contributed by atoms with Crippen molar-refractivity contribution in [3.05, 3.63) is 29.8 Å². The normalized spacial score (nSPS) is 19.4. The van der Waals surface area contributed by atoms with E-state index in [0.29, 0.717) is 0 Å². The van der Waals surface area contributed by atoms with Gasteiger partial charge in [0.15, 0.2) is 0 Å². The Morgan fingerprint density at radius 1 is 1.27 bits per heavy atom. The van der Waals surface area contributed by atoms with Crippen LogP contribution in [0.15, 0.2) is 24.3 Å². The van der Waals surface area contributed by atoms with E-state index in [1.165, 1.54) is 37.7 Å². The summed E-state index contributed by atoms with van der Waals surface area (Å²) in [6.07, 6.45) is 6.55. The molecule has 0 amide bonds. The lowest BCUT2D eigenvalue weighted by Gasteiger charge is -2.25. The molecular formula is C14H20O. The molecule has 1 aromatic carbocycles. The average molecular weight is 204 g/mol. The van der Waals surface area contributed by atoms with Crippen LogP contribution in [0.3, 0.4) is 0 Å². The van der Waals surface area contributed by atoms with Gasteiger partial charge >= 0.3 is 0 Å². The Labute approximate surface area is 92.5 Å². The van der Waals surface area contributed by atoms with Crippen molar-refractivity contribution in [2.45, 2.75) is 44.9 Å². The first-order valence-electron chi connectivity index (χ1n) is 6.13. The standard InChI is InChI=1S/C14H20O/c1-2-3-4-7-12-10-11-15-14-9-6-5-8-13(12)14/h5-6,8-9,12H,2-4,7,10-11H2,1H3. The maximum atomic E-state index is 5.66. The molecule has 1 heterocycles. The van der Waals surface area contributed by atoms with Gasteiger partial charge in [-0.1, -0.05) is 44.4 Å². The fraction of sp³-hybridized carbons (Fsp3) is 0.571. The van der Waals surface area contributed by atoms with E-state index in [-0.39, 0.29) is 0 Å². The lowest BCUT2D eigenvalue weighted by atomic mass is 9.88. The minimum Gasteiger partial charge on any atom is -0.493 e. The number of rotatable bonds is 4. The second kappa shape index (κ2) is 5.20. The van der Waals surface area contributed by atoms with Crippen LogP contribution in [0.4, 0.5) is 0 Å². The number of ether oxygens (including phenoxy) is 1. The summed E-state index contributed by atoms with van der Waals surface area (Å²) in [7, 11) is 0. The third-order valence-electron chi connectivity index (χ3n) is 3.24. The van der Waals surface area contributed by atoms with Crippen molar-refractivity contribution in [2.75, 3.05) is 6.61 Å². The molecule has 15 heavy (non-hydrogen) atoms. The van der Waals surface area contributed by atoms with E-state index < -0.39 is 0 Å². The van der Waals surface area contributed by atoms with Gasteiger partial charge in [0.25, 0.3) is 0 Å². The zero-order valence-electron chi connectivity index (χ0n) is 9.54. The Balaban J connectivity index is 2.02. The van der Waals surface area contributed by atoms with Crippen molar-refractivity contribution in [2.24, 2.45) is 0 Å². The Kier molecular flexibility index (Phi) is 3.65. The monoisotopic (exact) mass is 204 g/mol. The second-order valence-corrected chi connectivity index (χ2v) is 4.37. The van der Waals surface area contributed by atoms with E-state index in [9.17, 15) is 0 Å². The highest BCUT2D eigenvalue weighted by Crippen LogP contribution is 2.36. The minimum absolute atomic E-state index is 0.737. The fourth-order valence-electron chi connectivity index (χ4n) is 2.36. The molecule has 1 nitrogen and oxygen atoms in total. The summed E-state index contributed by atoms with van der Waals surface area (Å²) in [4.78, 5) is 0. The van der Waals surface area contributed by atoms with Crippen LogP contribution in [-0.2, 0) is 0 Å². The van der Waals surface area contributed by atoms with E-state index in [2.05, 4.69) is 31.2 Å². The lowest BCUT2D eigenvalue weighted by molar-refractivity contribution is 0.261. The molecule has 1 aromatic rings. The molecule has 1 aliphatic heterocycles. The Hall–Kier alpha value is -0.980. The molecule has 2 rings (SSSR count). The van der Waals surface area contributed by atoms with E-state index in [0.717, 1.165) is 18.3 Å². The van der Waals surface area contributed by atoms with Gasteiger partial charge in [-0.05, 0) is 30.4 Å². The quantitative estimate of drug-likeness (QED) is 0.670. The molecular weight excluding hydrogens is 184 g/mol. The van der Waals surface area contributed by atoms with Crippen LogP contribution in [0.1, 0.15) is 50.5 Å². The van der Waals surface area contributed by atoms with Gasteiger partial charge in [-0.15, -0.1) is 0 Å². The number of benzene rings is 1. The Bertz CT molecular complexity index is 306. The maximum absolute atomic E-state index is 5.66. The molecule has 1 atom stereocenters. The van der Waals surface area contributed by atoms with Crippen LogP contribution in [-0.4, -0.2) is 6.61 Å². The molecule has 0 saturated carbocycles. The second-order valence-electron chi connectivity index (χ2n) is 4.37. The fourth-order valence-corrected chi connectivity index (χ4v) is 2.36.